The SMILES string of the molecule is Cc1cc(/C=N\n2c(C)nc3ccccc3c2=O)c(C)n1C[C@H]1CCCO1. The van der Waals surface area contributed by atoms with Crippen LogP contribution in [-0.4, -0.2) is 33.2 Å². The lowest BCUT2D eigenvalue weighted by atomic mass is 10.2. The summed E-state index contributed by atoms with van der Waals surface area (Å²) in [5.74, 6) is 0.572. The normalized spacial score (nSPS) is 17.4. The number of hydrogen-bond acceptors (Lipinski definition) is 4. The van der Waals surface area contributed by atoms with Gasteiger partial charge < -0.3 is 9.30 Å². The lowest BCUT2D eigenvalue weighted by Crippen LogP contribution is -2.20. The Hall–Kier alpha value is -2.73. The highest BCUT2D eigenvalue weighted by Gasteiger charge is 2.18. The van der Waals surface area contributed by atoms with Gasteiger partial charge in [-0.25, -0.2) is 4.98 Å². The molecule has 0 aliphatic carbocycles. The predicted octanol–water partition coefficient (Wildman–Crippen LogP) is 3.18. The van der Waals surface area contributed by atoms with Crippen molar-refractivity contribution in [2.45, 2.75) is 46.3 Å². The first kappa shape index (κ1) is 17.7. The van der Waals surface area contributed by atoms with E-state index in [0.717, 1.165) is 37.3 Å². The predicted molar refractivity (Wildman–Crippen MR) is 107 cm³/mol. The van der Waals surface area contributed by atoms with E-state index in [-0.39, 0.29) is 11.7 Å². The van der Waals surface area contributed by atoms with Gasteiger partial charge in [-0.1, -0.05) is 12.1 Å². The van der Waals surface area contributed by atoms with Crippen molar-refractivity contribution < 1.29 is 4.74 Å². The molecular weight excluding hydrogens is 340 g/mol. The molecule has 1 aliphatic heterocycles. The summed E-state index contributed by atoms with van der Waals surface area (Å²) in [4.78, 5) is 17.2. The Morgan fingerprint density at radius 2 is 2.11 bits per heavy atom. The quantitative estimate of drug-likeness (QED) is 0.668. The zero-order chi connectivity index (χ0) is 19.0. The molecular formula is C21H24N4O2. The second-order valence-electron chi connectivity index (χ2n) is 7.11. The smallest absolute Gasteiger partial charge is 0.282 e. The van der Waals surface area contributed by atoms with Gasteiger partial charge in [0.05, 0.1) is 23.2 Å². The van der Waals surface area contributed by atoms with Crippen LogP contribution in [0.1, 0.15) is 35.6 Å². The molecule has 1 aliphatic rings. The van der Waals surface area contributed by atoms with Gasteiger partial charge in [0.25, 0.3) is 5.56 Å². The summed E-state index contributed by atoms with van der Waals surface area (Å²) in [5.41, 5.74) is 3.85. The highest BCUT2D eigenvalue weighted by molar-refractivity contribution is 5.82. The Kier molecular flexibility index (Phi) is 4.66. The highest BCUT2D eigenvalue weighted by Crippen LogP contribution is 2.19. The van der Waals surface area contributed by atoms with Crippen LogP contribution >= 0.6 is 0 Å². The molecule has 6 nitrogen and oxygen atoms in total. The van der Waals surface area contributed by atoms with Crippen molar-refractivity contribution in [1.29, 1.82) is 0 Å². The summed E-state index contributed by atoms with van der Waals surface area (Å²) in [6.45, 7) is 7.69. The zero-order valence-corrected chi connectivity index (χ0v) is 16.0. The monoisotopic (exact) mass is 364 g/mol. The van der Waals surface area contributed by atoms with Crippen LogP contribution in [0.4, 0.5) is 0 Å². The van der Waals surface area contributed by atoms with Gasteiger partial charge in [0.2, 0.25) is 0 Å². The van der Waals surface area contributed by atoms with E-state index in [2.05, 4.69) is 34.6 Å². The average molecular weight is 364 g/mol. The van der Waals surface area contributed by atoms with Crippen LogP contribution in [0, 0.1) is 20.8 Å². The fourth-order valence-electron chi connectivity index (χ4n) is 3.72. The number of ether oxygens (including phenoxy) is 1. The molecule has 3 aromatic rings. The van der Waals surface area contributed by atoms with Crippen LogP contribution in [-0.2, 0) is 11.3 Å². The molecule has 3 heterocycles. The van der Waals surface area contributed by atoms with E-state index in [9.17, 15) is 4.79 Å². The summed E-state index contributed by atoms with van der Waals surface area (Å²) < 4.78 is 9.41. The van der Waals surface area contributed by atoms with Crippen molar-refractivity contribution in [2.24, 2.45) is 5.10 Å². The first-order valence-corrected chi connectivity index (χ1v) is 9.35. The fraction of sp³-hybridized carbons (Fsp3) is 0.381. The van der Waals surface area contributed by atoms with Crippen molar-refractivity contribution in [1.82, 2.24) is 14.2 Å². The van der Waals surface area contributed by atoms with Gasteiger partial charge in [0, 0.05) is 30.1 Å². The number of fused-ring (bicyclic) bond motifs is 1. The van der Waals surface area contributed by atoms with E-state index in [1.54, 1.807) is 19.2 Å². The van der Waals surface area contributed by atoms with Gasteiger partial charge in [0.15, 0.2) is 0 Å². The summed E-state index contributed by atoms with van der Waals surface area (Å²) in [5, 5.41) is 5.02. The number of rotatable bonds is 4. The van der Waals surface area contributed by atoms with Gasteiger partial charge in [-0.2, -0.15) is 9.78 Å². The van der Waals surface area contributed by atoms with Gasteiger partial charge in [-0.05, 0) is 51.8 Å². The van der Waals surface area contributed by atoms with Gasteiger partial charge in [0.1, 0.15) is 5.82 Å². The molecule has 2 aromatic heterocycles. The van der Waals surface area contributed by atoms with Gasteiger partial charge in [-0.3, -0.25) is 4.79 Å². The number of hydrogen-bond donors (Lipinski definition) is 0. The standard InChI is InChI=1S/C21H24N4O2/c1-14-11-17(15(2)24(14)13-18-7-6-10-27-18)12-22-25-16(3)23-20-9-5-4-8-19(20)21(25)26/h4-5,8-9,11-12,18H,6-7,10,13H2,1-3H3/b22-12-/t18-/m1/s1. The van der Waals surface area contributed by atoms with Crippen molar-refractivity contribution in [3.63, 3.8) is 0 Å². The first-order valence-electron chi connectivity index (χ1n) is 9.35. The Balaban J connectivity index is 1.67. The summed E-state index contributed by atoms with van der Waals surface area (Å²) in [6.07, 6.45) is 4.28. The molecule has 0 unspecified atom stereocenters. The molecule has 140 valence electrons. The molecule has 27 heavy (non-hydrogen) atoms. The maximum Gasteiger partial charge on any atom is 0.282 e. The van der Waals surface area contributed by atoms with Gasteiger partial charge >= 0.3 is 0 Å². The summed E-state index contributed by atoms with van der Waals surface area (Å²) in [7, 11) is 0. The van der Waals surface area contributed by atoms with Crippen LogP contribution < -0.4 is 5.56 Å². The molecule has 1 fully saturated rings. The molecule has 0 bridgehead atoms. The molecule has 6 heteroatoms. The molecule has 1 aromatic carbocycles. The lowest BCUT2D eigenvalue weighted by Gasteiger charge is -2.14. The van der Waals surface area contributed by atoms with Crippen molar-refractivity contribution >= 4 is 17.1 Å². The number of aryl methyl sites for hydroxylation is 2. The molecule has 0 spiro atoms. The Morgan fingerprint density at radius 3 is 2.89 bits per heavy atom. The maximum atomic E-state index is 12.7. The van der Waals surface area contributed by atoms with Crippen LogP contribution in [0.25, 0.3) is 10.9 Å². The fourth-order valence-corrected chi connectivity index (χ4v) is 3.72. The van der Waals surface area contributed by atoms with E-state index in [4.69, 9.17) is 4.74 Å². The van der Waals surface area contributed by atoms with E-state index in [1.807, 2.05) is 18.2 Å². The van der Waals surface area contributed by atoms with E-state index in [1.165, 1.54) is 10.4 Å². The van der Waals surface area contributed by atoms with Crippen LogP contribution in [0.3, 0.4) is 0 Å². The number of nitrogens with zero attached hydrogens (tertiary/aromatic N) is 4. The topological polar surface area (TPSA) is 61.4 Å². The molecule has 0 radical (unpaired) electrons. The van der Waals surface area contributed by atoms with Crippen molar-refractivity contribution in [3.05, 3.63) is 63.5 Å². The minimum Gasteiger partial charge on any atom is -0.376 e. The first-order chi connectivity index (χ1) is 13.0. The van der Waals surface area contributed by atoms with Crippen LogP contribution in [0.2, 0.25) is 0 Å². The van der Waals surface area contributed by atoms with E-state index in [0.29, 0.717) is 16.7 Å². The molecule has 0 saturated carbocycles. The molecule has 0 N–H and O–H groups in total. The Morgan fingerprint density at radius 1 is 1.30 bits per heavy atom. The maximum absolute atomic E-state index is 12.7. The third-order valence-electron chi connectivity index (χ3n) is 5.25. The lowest BCUT2D eigenvalue weighted by molar-refractivity contribution is 0.0962. The van der Waals surface area contributed by atoms with Crippen LogP contribution in [0.5, 0.6) is 0 Å². The number of para-hydroxylation sites is 1. The summed E-state index contributed by atoms with van der Waals surface area (Å²) >= 11 is 0. The van der Waals surface area contributed by atoms with Crippen molar-refractivity contribution in [2.75, 3.05) is 6.61 Å². The second kappa shape index (κ2) is 7.12. The van der Waals surface area contributed by atoms with Crippen molar-refractivity contribution in [3.8, 4) is 0 Å². The molecule has 0 amide bonds. The van der Waals surface area contributed by atoms with E-state index >= 15 is 0 Å². The van der Waals surface area contributed by atoms with Gasteiger partial charge in [-0.15, -0.1) is 0 Å². The second-order valence-corrected chi connectivity index (χ2v) is 7.11. The number of aromatic nitrogens is 3. The largest absolute Gasteiger partial charge is 0.376 e. The highest BCUT2D eigenvalue weighted by atomic mass is 16.5. The Labute approximate surface area is 158 Å². The molecule has 4 rings (SSSR count). The summed E-state index contributed by atoms with van der Waals surface area (Å²) in [6, 6.07) is 9.45. The third kappa shape index (κ3) is 3.32. The minimum atomic E-state index is -0.150. The van der Waals surface area contributed by atoms with E-state index < -0.39 is 0 Å². The zero-order valence-electron chi connectivity index (χ0n) is 16.0. The molecule has 1 saturated heterocycles. The average Bonchev–Trinajstić information content (AvgIpc) is 3.26. The van der Waals surface area contributed by atoms with Crippen LogP contribution in [0.15, 0.2) is 40.2 Å². The minimum absolute atomic E-state index is 0.150. The Bertz CT molecular complexity index is 1070. The third-order valence-corrected chi connectivity index (χ3v) is 5.25. The molecule has 1 atom stereocenters. The number of benzene rings is 1.